The molecule has 6 aliphatic rings. The van der Waals surface area contributed by atoms with Crippen LogP contribution in [0.15, 0.2) is 87.3 Å². The van der Waals surface area contributed by atoms with Crippen LogP contribution in [0.2, 0.25) is 10.0 Å². The van der Waals surface area contributed by atoms with E-state index in [9.17, 15) is 52.7 Å². The van der Waals surface area contributed by atoms with Crippen molar-refractivity contribution in [3.63, 3.8) is 0 Å². The van der Waals surface area contributed by atoms with Gasteiger partial charge in [0.2, 0.25) is 6.79 Å². The number of nitrogens with one attached hydrogen (secondary N) is 3. The Morgan fingerprint density at radius 3 is 1.41 bits per heavy atom. The van der Waals surface area contributed by atoms with Crippen molar-refractivity contribution in [3.05, 3.63) is 176 Å². The van der Waals surface area contributed by atoms with Crippen LogP contribution in [0.3, 0.4) is 0 Å². The second-order valence-corrected chi connectivity index (χ2v) is 29.3. The summed E-state index contributed by atoms with van der Waals surface area (Å²) in [5.74, 6) is -1.08. The lowest BCUT2D eigenvalue weighted by atomic mass is 10.1. The number of halogens is 2. The van der Waals surface area contributed by atoms with Crippen LogP contribution < -0.4 is 65.1 Å². The molecule has 12 rings (SSSR count). The van der Waals surface area contributed by atoms with Crippen molar-refractivity contribution in [1.82, 2.24) is 58.6 Å². The average molecular weight is 1630 g/mol. The summed E-state index contributed by atoms with van der Waals surface area (Å²) in [7, 11) is 1.65. The van der Waals surface area contributed by atoms with Gasteiger partial charge in [-0.25, -0.2) is 39.5 Å². The largest absolute Gasteiger partial charge is 0.481 e. The van der Waals surface area contributed by atoms with Crippen LogP contribution in [0, 0.1) is 41.5 Å². The molecule has 0 atom stereocenters. The van der Waals surface area contributed by atoms with E-state index >= 15 is 0 Å². The van der Waals surface area contributed by atoms with Gasteiger partial charge in [0.05, 0.1) is 51.4 Å². The Kier molecular flexibility index (Phi) is 31.0. The Morgan fingerprint density at radius 2 is 0.879 bits per heavy atom. The quantitative estimate of drug-likeness (QED) is 0.0117. The molecule has 6 aliphatic heterocycles. The van der Waals surface area contributed by atoms with Gasteiger partial charge in [-0.05, 0) is 182 Å². The maximum atomic E-state index is 12.7. The minimum absolute atomic E-state index is 0.126. The van der Waals surface area contributed by atoms with E-state index in [1.165, 1.54) is 11.5 Å². The molecule has 116 heavy (non-hydrogen) atoms. The van der Waals surface area contributed by atoms with Crippen LogP contribution in [0.1, 0.15) is 176 Å². The average Bonchev–Trinajstić information content (AvgIpc) is 0.778. The number of nitrogens with zero attached hydrogens (tertiary/aromatic N) is 13. The fourth-order valence-electron chi connectivity index (χ4n) is 13.2. The number of aryl methyl sites for hydroxylation is 8. The topological polar surface area (TPSA) is 427 Å². The zero-order chi connectivity index (χ0) is 84.2. The Balaban J connectivity index is 0.000000177. The molecule has 0 radical (unpaired) electrons. The number of aliphatic carboxylic acids is 2. The lowest BCUT2D eigenvalue weighted by molar-refractivity contribution is -0.165. The Bertz CT molecular complexity index is 5920. The molecule has 32 nitrogen and oxygen atoms in total. The maximum Gasteiger partial charge on any atom is 0.349 e. The number of unbranched alkanes of at least 4 members (excludes halogenated alkanes) is 12. The molecular weight excluding hydrogens is 1540 g/mol. The van der Waals surface area contributed by atoms with Gasteiger partial charge in [-0.1, -0.05) is 87.7 Å². The Hall–Kier alpha value is -11.9. The number of anilines is 4. The number of rotatable bonds is 31. The highest BCUT2D eigenvalue weighted by atomic mass is 35.5. The maximum absolute atomic E-state index is 12.7. The molecule has 0 unspecified atom stereocenters. The van der Waals surface area contributed by atoms with Crippen LogP contribution in [-0.2, 0) is 58.3 Å². The highest BCUT2D eigenvalue weighted by Gasteiger charge is 2.27. The van der Waals surface area contributed by atoms with Crippen LogP contribution >= 0.6 is 23.2 Å². The molecule has 34 heteroatoms. The highest BCUT2D eigenvalue weighted by molar-refractivity contribution is 6.32. The number of H-pyrrole nitrogens is 3. The normalized spacial score (nSPS) is 11.7. The summed E-state index contributed by atoms with van der Waals surface area (Å²) >= 11 is 12.6. The summed E-state index contributed by atoms with van der Waals surface area (Å²) in [6.45, 7) is 24.9. The zero-order valence-electron chi connectivity index (χ0n) is 66.6. The standard InChI is InChI=1S/C22H26N4O6.C21H26N4O3.C20H23ClN4O4.C19H21ClN4O3/c1-13-10-16-17(11-14(13)2)26(20-19(23-16)21(29)25-22(30)24-20)9-7-5-4-6-8-18(28)32-12-31-15(3)27;1-13-11-16-17(12-14(13)2)25(10-8-6-5-7-9-18(26)27)20-19(23-16)21(28)24(4)15(3)22-20;1-3-29-16(26)8-6-4-5-7-9-25-15-11-13(21)12(2)10-14(15)22-17-18(25)23-20(28)24-19(17)27;1-11-9-14-15(10-13(11)20)24(8-6-4-3-5-7-16(25)26)18-17(23-14)19(27)22-12(2)21-18/h10-11H,4-9,12H2,1-3H3,(H,25,29,30);11-12H,3,5-10H2,1-2,4H3,(H,26,27);10-11H,3-9H2,1-2H3,(H,24,27,28);9-10H,2-8H2,1H3,(H,22,27)(H,25,26). The van der Waals surface area contributed by atoms with Crippen molar-refractivity contribution in [2.45, 2.75) is 197 Å². The third-order valence-corrected chi connectivity index (χ3v) is 20.5. The summed E-state index contributed by atoms with van der Waals surface area (Å²) in [5.41, 5.74) is 10.1. The monoisotopic (exact) mass is 1630 g/mol. The van der Waals surface area contributed by atoms with Crippen LogP contribution in [0.5, 0.6) is 0 Å². The molecule has 0 amide bonds. The SMILES string of the molecule is C=c1nc2c(c(=O)[nH]1)=Nc1cc(C)c(Cl)cc1N2CCCCCCC(=O)O.C=c1nc2c(c(=O)n1C)=Nc1cc(C)c(C)cc1N2CCCCCCC(=O)O.CC(=O)OCOC(=O)CCCCCCn1c2nc(=O)[nH]c(=O)c-2nc2cc(C)c(C)cc21.CCOC(=O)CCCCCCn1c2nc(=O)[nH]c(=O)c-2nc2cc(C)c(Cl)cc21. The van der Waals surface area contributed by atoms with E-state index in [0.717, 1.165) is 145 Å². The first kappa shape index (κ1) is 88.0. The van der Waals surface area contributed by atoms with Crippen LogP contribution in [0.25, 0.3) is 58.3 Å². The zero-order valence-corrected chi connectivity index (χ0v) is 68.1. The Morgan fingerprint density at radius 1 is 0.457 bits per heavy atom. The van der Waals surface area contributed by atoms with Crippen LogP contribution in [0.4, 0.5) is 34.4 Å². The molecule has 8 heterocycles. The summed E-state index contributed by atoms with van der Waals surface area (Å²) in [6, 6.07) is 15.3. The first-order valence-corrected chi connectivity index (χ1v) is 39.3. The van der Waals surface area contributed by atoms with Crippen molar-refractivity contribution < 1.29 is 48.4 Å². The third kappa shape index (κ3) is 23.0. The summed E-state index contributed by atoms with van der Waals surface area (Å²) in [4.78, 5) is 174. The van der Waals surface area contributed by atoms with Crippen molar-refractivity contribution in [1.29, 1.82) is 0 Å². The van der Waals surface area contributed by atoms with Crippen molar-refractivity contribution in [2.24, 2.45) is 17.0 Å². The fraction of sp³-hybridized carbons (Fsp3) is 0.427. The first-order chi connectivity index (χ1) is 55.3. The Labute approximate surface area is 675 Å². The molecule has 4 aromatic carbocycles. The number of ether oxygens (including phenoxy) is 3. The molecule has 6 aromatic rings. The summed E-state index contributed by atoms with van der Waals surface area (Å²) in [5, 5.41) is 19.3. The summed E-state index contributed by atoms with van der Waals surface area (Å²) < 4.78 is 19.4. The third-order valence-electron chi connectivity index (χ3n) is 19.6. The summed E-state index contributed by atoms with van der Waals surface area (Å²) in [6.07, 6.45) is 13.9. The van der Waals surface area contributed by atoms with E-state index in [0.29, 0.717) is 108 Å². The molecule has 0 fully saturated rings. The number of carboxylic acids is 2. The van der Waals surface area contributed by atoms with Crippen LogP contribution in [-0.4, -0.2) is 125 Å². The van der Waals surface area contributed by atoms with Gasteiger partial charge in [0, 0.05) is 75.9 Å². The number of carbonyl (C=O) groups excluding carboxylic acids is 3. The lowest BCUT2D eigenvalue weighted by Gasteiger charge is -2.29. The molecule has 0 aliphatic carbocycles. The van der Waals surface area contributed by atoms with Crippen molar-refractivity contribution in [3.8, 4) is 23.0 Å². The van der Waals surface area contributed by atoms with E-state index < -0.39 is 46.4 Å². The lowest BCUT2D eigenvalue weighted by Crippen LogP contribution is -2.47. The minimum Gasteiger partial charge on any atom is -0.481 e. The van der Waals surface area contributed by atoms with Gasteiger partial charge in [-0.2, -0.15) is 9.97 Å². The molecule has 614 valence electrons. The van der Waals surface area contributed by atoms with Gasteiger partial charge >= 0.3 is 41.2 Å². The van der Waals surface area contributed by atoms with Gasteiger partial charge in [0.1, 0.15) is 11.0 Å². The predicted molar refractivity (Wildman–Crippen MR) is 441 cm³/mol. The van der Waals surface area contributed by atoms with Gasteiger partial charge < -0.3 is 48.3 Å². The molecule has 0 saturated heterocycles. The van der Waals surface area contributed by atoms with Gasteiger partial charge in [0.25, 0.3) is 22.2 Å². The van der Waals surface area contributed by atoms with E-state index in [2.05, 4.69) is 90.6 Å². The van der Waals surface area contributed by atoms with E-state index in [1.54, 1.807) is 20.0 Å². The number of esters is 3. The number of fused-ring (bicyclic) bond motifs is 8. The van der Waals surface area contributed by atoms with Gasteiger partial charge in [0.15, 0.2) is 45.4 Å². The highest BCUT2D eigenvalue weighted by Crippen LogP contribution is 2.40. The second-order valence-electron chi connectivity index (χ2n) is 28.4. The molecular formula is C82H96Cl2N16O16. The predicted octanol–water partition coefficient (Wildman–Crippen LogP) is 10.1. The molecule has 0 bridgehead atoms. The van der Waals surface area contributed by atoms with E-state index in [1.807, 2.05) is 85.1 Å². The van der Waals surface area contributed by atoms with E-state index in [-0.39, 0.29) is 77.0 Å². The number of aromatic amines is 3. The van der Waals surface area contributed by atoms with Gasteiger partial charge in [-0.15, -0.1) is 0 Å². The number of carboxylic acid groups (broad SMARTS) is 2. The number of benzene rings is 4. The first-order valence-electron chi connectivity index (χ1n) is 38.5. The molecule has 2 aromatic heterocycles. The number of carbonyl (C=O) groups is 5. The fourth-order valence-corrected chi connectivity index (χ4v) is 13.5. The number of hydrogen-bond donors (Lipinski definition) is 5. The second kappa shape index (κ2) is 40.9. The molecule has 0 saturated carbocycles. The number of hydrogen-bond acceptors (Lipinski definition) is 24. The van der Waals surface area contributed by atoms with Crippen molar-refractivity contribution >= 4 is 123 Å². The van der Waals surface area contributed by atoms with Gasteiger partial charge in [-0.3, -0.25) is 57.7 Å². The van der Waals surface area contributed by atoms with E-state index in [4.69, 9.17) is 42.9 Å². The minimum atomic E-state index is -0.771. The smallest absolute Gasteiger partial charge is 0.349 e. The van der Waals surface area contributed by atoms with Crippen molar-refractivity contribution in [2.75, 3.05) is 36.3 Å². The number of aromatic nitrogens is 12. The molecule has 5 N–H and O–H groups in total. The molecule has 0 spiro atoms.